The predicted octanol–water partition coefficient (Wildman–Crippen LogP) is 8.82. The number of fused-ring (bicyclic) bond motifs is 1. The van der Waals surface area contributed by atoms with Gasteiger partial charge in [-0.1, -0.05) is 36.4 Å². The molecular formula is C44H53N7O4. The monoisotopic (exact) mass is 743 g/mol. The van der Waals surface area contributed by atoms with Crippen LogP contribution in [0.2, 0.25) is 0 Å². The number of nitrogens with zero attached hydrogens (tertiary/aromatic N) is 4. The maximum Gasteiger partial charge on any atom is 0.411 e. The molecule has 3 spiro atoms. The molecule has 2 saturated heterocycles. The molecule has 3 aliphatic carbocycles. The number of ether oxygens (including phenoxy) is 2. The van der Waals surface area contributed by atoms with Gasteiger partial charge in [0.1, 0.15) is 17.0 Å². The van der Waals surface area contributed by atoms with Gasteiger partial charge in [0, 0.05) is 22.7 Å². The molecule has 2 unspecified atom stereocenters. The van der Waals surface area contributed by atoms with Crippen molar-refractivity contribution in [2.45, 2.75) is 139 Å². The number of rotatable bonds is 6. The van der Waals surface area contributed by atoms with Crippen molar-refractivity contribution in [2.75, 3.05) is 0 Å². The number of carbonyl (C=O) groups is 2. The van der Waals surface area contributed by atoms with E-state index >= 15 is 0 Å². The number of hydrogen-bond donors (Lipinski definition) is 3. The molecule has 4 aromatic rings. The number of pyridine rings is 1. The first-order chi connectivity index (χ1) is 26.1. The van der Waals surface area contributed by atoms with E-state index in [4.69, 9.17) is 25.2 Å². The van der Waals surface area contributed by atoms with Crippen molar-refractivity contribution >= 4 is 28.8 Å². The lowest BCUT2D eigenvalue weighted by atomic mass is 10.0. The van der Waals surface area contributed by atoms with Gasteiger partial charge in [0.05, 0.1) is 46.4 Å². The Morgan fingerprint density at radius 3 is 2.18 bits per heavy atom. The minimum atomic E-state index is -0.547. The molecule has 4 N–H and O–H groups in total. The van der Waals surface area contributed by atoms with Crippen LogP contribution in [0.25, 0.3) is 39.0 Å². The fourth-order valence-corrected chi connectivity index (χ4v) is 9.21. The van der Waals surface area contributed by atoms with Crippen LogP contribution < -0.4 is 11.1 Å². The summed E-state index contributed by atoms with van der Waals surface area (Å²) >= 11 is 0. The zero-order chi connectivity index (χ0) is 38.5. The summed E-state index contributed by atoms with van der Waals surface area (Å²) in [5.74, 6) is 0.808. The van der Waals surface area contributed by atoms with E-state index in [1.807, 2.05) is 71.0 Å². The molecule has 2 aromatic heterocycles. The lowest BCUT2D eigenvalue weighted by molar-refractivity contribution is 0.00770. The first-order valence-corrected chi connectivity index (χ1v) is 19.9. The van der Waals surface area contributed by atoms with Gasteiger partial charge in [-0.25, -0.2) is 19.6 Å². The summed E-state index contributed by atoms with van der Waals surface area (Å²) in [6.07, 6.45) is 12.2. The normalized spacial score (nSPS) is 24.9. The zero-order valence-electron chi connectivity index (χ0n) is 32.9. The number of imidazole rings is 1. The van der Waals surface area contributed by atoms with Crippen LogP contribution >= 0.6 is 0 Å². The van der Waals surface area contributed by atoms with Crippen LogP contribution in [0.3, 0.4) is 0 Å². The molecule has 4 heterocycles. The average Bonchev–Trinajstić information content (AvgIpc) is 4.06. The number of carbonyl (C=O) groups excluding carboxylic acids is 2. The predicted molar refractivity (Wildman–Crippen MR) is 212 cm³/mol. The van der Waals surface area contributed by atoms with Gasteiger partial charge >= 0.3 is 12.2 Å². The van der Waals surface area contributed by atoms with Crippen LogP contribution in [0.15, 0.2) is 67.0 Å². The van der Waals surface area contributed by atoms with Crippen molar-refractivity contribution < 1.29 is 19.1 Å². The highest BCUT2D eigenvalue weighted by Gasteiger charge is 2.72. The fraction of sp³-hybridized carbons (Fsp3) is 0.500. The minimum Gasteiger partial charge on any atom is -0.444 e. The summed E-state index contributed by atoms with van der Waals surface area (Å²) in [6, 6.07) is 18.8. The van der Waals surface area contributed by atoms with Crippen LogP contribution in [0.4, 0.5) is 9.59 Å². The minimum absolute atomic E-state index is 0.0262. The second kappa shape index (κ2) is 12.2. The van der Waals surface area contributed by atoms with Crippen LogP contribution in [-0.4, -0.2) is 70.8 Å². The molecule has 3 atom stereocenters. The van der Waals surface area contributed by atoms with Gasteiger partial charge in [0.2, 0.25) is 0 Å². The fourth-order valence-electron chi connectivity index (χ4n) is 9.21. The lowest BCUT2D eigenvalue weighted by Gasteiger charge is -2.33. The van der Waals surface area contributed by atoms with E-state index in [0.29, 0.717) is 11.4 Å². The molecule has 288 valence electrons. The van der Waals surface area contributed by atoms with Crippen molar-refractivity contribution in [2.24, 2.45) is 5.73 Å². The summed E-state index contributed by atoms with van der Waals surface area (Å²) < 4.78 is 11.7. The number of benzene rings is 2. The van der Waals surface area contributed by atoms with Gasteiger partial charge in [-0.3, -0.25) is 9.80 Å². The van der Waals surface area contributed by atoms with E-state index < -0.39 is 11.2 Å². The number of nitrogens with two attached hydrogens (primary N) is 1. The molecule has 9 rings (SSSR count). The Balaban J connectivity index is 0.860. The molecule has 11 heteroatoms. The van der Waals surface area contributed by atoms with E-state index in [-0.39, 0.29) is 40.9 Å². The topological polar surface area (TPSA) is 139 Å². The van der Waals surface area contributed by atoms with E-state index in [2.05, 4.69) is 57.7 Å². The lowest BCUT2D eigenvalue weighted by Crippen LogP contribution is -2.49. The van der Waals surface area contributed by atoms with Crippen LogP contribution in [0, 0.1) is 0 Å². The molecule has 2 aliphatic heterocycles. The molecule has 5 aliphatic rings. The van der Waals surface area contributed by atoms with Crippen molar-refractivity contribution in [1.82, 2.24) is 30.1 Å². The molecule has 5 fully saturated rings. The molecule has 0 bridgehead atoms. The summed E-state index contributed by atoms with van der Waals surface area (Å²) in [4.78, 5) is 43.8. The van der Waals surface area contributed by atoms with Crippen LogP contribution in [0.5, 0.6) is 0 Å². The largest absolute Gasteiger partial charge is 0.444 e. The summed E-state index contributed by atoms with van der Waals surface area (Å²) in [5, 5.41) is 4.55. The molecule has 3 saturated carbocycles. The van der Waals surface area contributed by atoms with Crippen molar-refractivity contribution in [3.05, 3.63) is 78.5 Å². The highest BCUT2D eigenvalue weighted by Crippen LogP contribution is 2.64. The third kappa shape index (κ3) is 6.49. The average molecular weight is 744 g/mol. The summed E-state index contributed by atoms with van der Waals surface area (Å²) in [5.41, 5.74) is 11.5. The Morgan fingerprint density at radius 2 is 1.49 bits per heavy atom. The van der Waals surface area contributed by atoms with E-state index in [1.165, 1.54) is 0 Å². The van der Waals surface area contributed by atoms with Gasteiger partial charge in [0.25, 0.3) is 0 Å². The smallest absolute Gasteiger partial charge is 0.411 e. The molecule has 11 nitrogen and oxygen atoms in total. The number of nitrogens with one attached hydrogen (secondary N) is 2. The Bertz CT molecular complexity index is 2200. The second-order valence-electron chi connectivity index (χ2n) is 18.7. The zero-order valence-corrected chi connectivity index (χ0v) is 32.9. The quantitative estimate of drug-likeness (QED) is 0.178. The number of hydrogen-bond acceptors (Lipinski definition) is 8. The van der Waals surface area contributed by atoms with Crippen molar-refractivity contribution in [3.63, 3.8) is 0 Å². The van der Waals surface area contributed by atoms with E-state index in [0.717, 1.165) is 96.9 Å². The first-order valence-electron chi connectivity index (χ1n) is 19.9. The number of H-pyrrole nitrogens is 1. The third-order valence-corrected chi connectivity index (χ3v) is 12.4. The highest BCUT2D eigenvalue weighted by atomic mass is 16.6. The molecule has 2 aromatic carbocycles. The van der Waals surface area contributed by atoms with Crippen molar-refractivity contribution in [1.29, 1.82) is 0 Å². The molecule has 0 radical (unpaired) electrons. The highest BCUT2D eigenvalue weighted by molar-refractivity contribution is 5.86. The third-order valence-electron chi connectivity index (χ3n) is 12.4. The number of aromatic nitrogens is 3. The van der Waals surface area contributed by atoms with Gasteiger partial charge in [0.15, 0.2) is 0 Å². The standard InChI is InChI=1S/C44H53N7O4/c1-40(2,3)54-38(52)50-35(15-16-42(50)17-18-42)37-47-26-34(49-37)28-9-7-27(8-10-28)29-11-13-32-30(23-29)12-14-33(48-32)31(45)25-46-36-24-44(36)22-21-43(19-20-43)51(44)39(53)55-41(4,5)6/h7-14,23,25-26,35-36,46H,15-22,24,45H2,1-6H3,(H,47,49)/b31-25-/t35-,36?,44?/m0/s1. The van der Waals surface area contributed by atoms with Gasteiger partial charge in [-0.15, -0.1) is 0 Å². The molecule has 55 heavy (non-hydrogen) atoms. The number of likely N-dealkylation sites (tertiary alicyclic amines) is 2. The number of aromatic amines is 1. The van der Waals surface area contributed by atoms with Crippen LogP contribution in [0.1, 0.15) is 117 Å². The van der Waals surface area contributed by atoms with Crippen LogP contribution in [-0.2, 0) is 9.47 Å². The van der Waals surface area contributed by atoms with E-state index in [9.17, 15) is 9.59 Å². The SMILES string of the molecule is CC(C)(C)OC(=O)N1[C@H](c2ncc(-c3ccc(-c4ccc5nc(/C(N)=C/NC6CC67CCC6(CC6)N7C(=O)OC(C)(C)C)ccc5c4)cc3)[nH]2)CCC12CC2. The first kappa shape index (κ1) is 35.6. The number of amides is 2. The maximum atomic E-state index is 13.3. The van der Waals surface area contributed by atoms with Crippen molar-refractivity contribution in [3.8, 4) is 22.4 Å². The summed E-state index contributed by atoms with van der Waals surface area (Å²) in [7, 11) is 0. The van der Waals surface area contributed by atoms with Gasteiger partial charge in [-0.2, -0.15) is 0 Å². The van der Waals surface area contributed by atoms with Gasteiger partial charge in [-0.05, 0) is 134 Å². The summed E-state index contributed by atoms with van der Waals surface area (Å²) in [6.45, 7) is 11.5. The Morgan fingerprint density at radius 1 is 0.836 bits per heavy atom. The second-order valence-corrected chi connectivity index (χ2v) is 18.7. The van der Waals surface area contributed by atoms with E-state index in [1.54, 1.807) is 0 Å². The van der Waals surface area contributed by atoms with Gasteiger partial charge < -0.3 is 25.5 Å². The Labute approximate surface area is 323 Å². The maximum absolute atomic E-state index is 13.3. The molecular weight excluding hydrogens is 691 g/mol. The Hall–Kier alpha value is -5.06. The molecule has 2 amide bonds. The Kier molecular flexibility index (Phi) is 7.92.